The van der Waals surface area contributed by atoms with E-state index in [2.05, 4.69) is 9.72 Å². The van der Waals surface area contributed by atoms with Crippen molar-refractivity contribution in [3.05, 3.63) is 70.8 Å². The molecule has 0 bridgehead atoms. The summed E-state index contributed by atoms with van der Waals surface area (Å²) in [7, 11) is 1.33. The average Bonchev–Trinajstić information content (AvgIpc) is 2.55. The minimum absolute atomic E-state index is 0.147. The molecule has 0 radical (unpaired) electrons. The molecule has 1 heterocycles. The second-order valence-electron chi connectivity index (χ2n) is 4.48. The van der Waals surface area contributed by atoms with E-state index in [0.717, 1.165) is 0 Å². The highest BCUT2D eigenvalue weighted by Crippen LogP contribution is 2.11. The molecule has 0 aliphatic carbocycles. The molecule has 104 valence electrons. The Balaban J connectivity index is 2.10. The molecule has 1 aromatic heterocycles. The summed E-state index contributed by atoms with van der Waals surface area (Å²) in [6.07, 6.45) is 1.48. The molecule has 2 aromatic carbocycles. The van der Waals surface area contributed by atoms with Gasteiger partial charge in [0.25, 0.3) is 5.56 Å². The van der Waals surface area contributed by atoms with Crippen LogP contribution in [0.2, 0.25) is 0 Å². The maximum atomic E-state index is 12.4. The van der Waals surface area contributed by atoms with Crippen molar-refractivity contribution in [3.63, 3.8) is 0 Å². The van der Waals surface area contributed by atoms with Gasteiger partial charge in [0, 0.05) is 0 Å². The molecule has 5 nitrogen and oxygen atoms in total. The molecule has 0 spiro atoms. The molecule has 3 aromatic rings. The lowest BCUT2D eigenvalue weighted by atomic mass is 10.2. The van der Waals surface area contributed by atoms with Gasteiger partial charge in [0.15, 0.2) is 0 Å². The van der Waals surface area contributed by atoms with Crippen LogP contribution in [0.25, 0.3) is 16.6 Å². The molecule has 0 fully saturated rings. The summed E-state index contributed by atoms with van der Waals surface area (Å²) in [4.78, 5) is 28.1. The van der Waals surface area contributed by atoms with Gasteiger partial charge < -0.3 is 4.74 Å². The van der Waals surface area contributed by atoms with Crippen LogP contribution in [-0.2, 0) is 4.74 Å². The summed E-state index contributed by atoms with van der Waals surface area (Å²) in [6.45, 7) is 0. The zero-order valence-electron chi connectivity index (χ0n) is 11.3. The number of hydrogen-bond donors (Lipinski definition) is 0. The quantitative estimate of drug-likeness (QED) is 0.675. The predicted octanol–water partition coefficient (Wildman–Crippen LogP) is 2.17. The molecule has 0 saturated carbocycles. The van der Waals surface area contributed by atoms with Gasteiger partial charge in [-0.2, -0.15) is 0 Å². The van der Waals surface area contributed by atoms with Crippen LogP contribution in [0.5, 0.6) is 0 Å². The Morgan fingerprint density at radius 2 is 1.81 bits per heavy atom. The van der Waals surface area contributed by atoms with Crippen molar-refractivity contribution in [2.75, 3.05) is 7.11 Å². The van der Waals surface area contributed by atoms with E-state index in [9.17, 15) is 9.59 Å². The van der Waals surface area contributed by atoms with E-state index in [4.69, 9.17) is 0 Å². The zero-order chi connectivity index (χ0) is 14.8. The molecule has 0 N–H and O–H groups in total. The summed E-state index contributed by atoms with van der Waals surface area (Å²) in [5, 5.41) is 0.553. The Kier molecular flexibility index (Phi) is 3.23. The maximum Gasteiger partial charge on any atom is 0.337 e. The lowest BCUT2D eigenvalue weighted by Crippen LogP contribution is -2.18. The van der Waals surface area contributed by atoms with Crippen LogP contribution < -0.4 is 5.56 Å². The third kappa shape index (κ3) is 2.29. The van der Waals surface area contributed by atoms with Gasteiger partial charge in [-0.15, -0.1) is 0 Å². The number of carbonyl (C=O) groups is 1. The Morgan fingerprint density at radius 1 is 1.10 bits per heavy atom. The van der Waals surface area contributed by atoms with E-state index < -0.39 is 5.97 Å². The largest absolute Gasteiger partial charge is 0.465 e. The van der Waals surface area contributed by atoms with Crippen molar-refractivity contribution in [1.82, 2.24) is 9.55 Å². The molecular weight excluding hydrogens is 268 g/mol. The fraction of sp³-hybridized carbons (Fsp3) is 0.0625. The van der Waals surface area contributed by atoms with Gasteiger partial charge in [-0.25, -0.2) is 9.78 Å². The summed E-state index contributed by atoms with van der Waals surface area (Å²) < 4.78 is 6.09. The Bertz CT molecular complexity index is 867. The number of para-hydroxylation sites is 1. The molecule has 0 unspecified atom stereocenters. The van der Waals surface area contributed by atoms with E-state index >= 15 is 0 Å². The zero-order valence-corrected chi connectivity index (χ0v) is 11.3. The number of hydrogen-bond acceptors (Lipinski definition) is 4. The second kappa shape index (κ2) is 5.20. The number of esters is 1. The van der Waals surface area contributed by atoms with Crippen LogP contribution in [0.15, 0.2) is 59.7 Å². The molecule has 0 amide bonds. The van der Waals surface area contributed by atoms with Crippen molar-refractivity contribution in [2.24, 2.45) is 0 Å². The fourth-order valence-corrected chi connectivity index (χ4v) is 2.13. The van der Waals surface area contributed by atoms with Crippen LogP contribution in [0, 0.1) is 0 Å². The topological polar surface area (TPSA) is 61.2 Å². The van der Waals surface area contributed by atoms with E-state index in [-0.39, 0.29) is 5.56 Å². The minimum Gasteiger partial charge on any atom is -0.465 e. The van der Waals surface area contributed by atoms with Gasteiger partial charge in [0.05, 0.1) is 29.3 Å². The van der Waals surface area contributed by atoms with E-state index in [1.807, 2.05) is 6.07 Å². The van der Waals surface area contributed by atoms with Crippen molar-refractivity contribution >= 4 is 16.9 Å². The molecule has 0 saturated heterocycles. The SMILES string of the molecule is COC(=O)c1ccc(-n2cnc3ccccc3c2=O)cc1. The molecule has 0 aliphatic rings. The normalized spacial score (nSPS) is 10.5. The third-order valence-corrected chi connectivity index (χ3v) is 3.23. The maximum absolute atomic E-state index is 12.4. The highest BCUT2D eigenvalue weighted by molar-refractivity contribution is 5.89. The van der Waals surface area contributed by atoms with Gasteiger partial charge in [0.2, 0.25) is 0 Å². The van der Waals surface area contributed by atoms with E-state index in [1.165, 1.54) is 18.0 Å². The first-order valence-corrected chi connectivity index (χ1v) is 6.36. The van der Waals surface area contributed by atoms with Gasteiger partial charge in [0.1, 0.15) is 6.33 Å². The van der Waals surface area contributed by atoms with Crippen LogP contribution >= 0.6 is 0 Å². The number of carbonyl (C=O) groups excluding carboxylic acids is 1. The number of ether oxygens (including phenoxy) is 1. The highest BCUT2D eigenvalue weighted by atomic mass is 16.5. The Hall–Kier alpha value is -2.95. The second-order valence-corrected chi connectivity index (χ2v) is 4.48. The lowest BCUT2D eigenvalue weighted by Gasteiger charge is -2.07. The number of benzene rings is 2. The summed E-state index contributed by atoms with van der Waals surface area (Å²) in [5.74, 6) is -0.412. The van der Waals surface area contributed by atoms with Crippen LogP contribution in [0.4, 0.5) is 0 Å². The van der Waals surface area contributed by atoms with E-state index in [1.54, 1.807) is 42.5 Å². The number of methoxy groups -OCH3 is 1. The van der Waals surface area contributed by atoms with Crippen LogP contribution in [-0.4, -0.2) is 22.6 Å². The minimum atomic E-state index is -0.412. The molecule has 5 heteroatoms. The molecule has 3 rings (SSSR count). The van der Waals surface area contributed by atoms with Crippen molar-refractivity contribution in [3.8, 4) is 5.69 Å². The smallest absolute Gasteiger partial charge is 0.337 e. The lowest BCUT2D eigenvalue weighted by molar-refractivity contribution is 0.0601. The molecule has 21 heavy (non-hydrogen) atoms. The van der Waals surface area contributed by atoms with E-state index in [0.29, 0.717) is 22.2 Å². The summed E-state index contributed by atoms with van der Waals surface area (Å²) in [6, 6.07) is 13.8. The van der Waals surface area contributed by atoms with Gasteiger partial charge in [-0.3, -0.25) is 9.36 Å². The molecular formula is C16H12N2O3. The van der Waals surface area contributed by atoms with Gasteiger partial charge >= 0.3 is 5.97 Å². The first-order chi connectivity index (χ1) is 10.2. The monoisotopic (exact) mass is 280 g/mol. The molecule has 0 aliphatic heterocycles. The highest BCUT2D eigenvalue weighted by Gasteiger charge is 2.08. The predicted molar refractivity (Wildman–Crippen MR) is 78.7 cm³/mol. The number of nitrogens with zero attached hydrogens (tertiary/aromatic N) is 2. The Morgan fingerprint density at radius 3 is 2.52 bits per heavy atom. The van der Waals surface area contributed by atoms with Crippen molar-refractivity contribution in [1.29, 1.82) is 0 Å². The van der Waals surface area contributed by atoms with Gasteiger partial charge in [-0.1, -0.05) is 12.1 Å². The number of aromatic nitrogens is 2. The molecule has 0 atom stereocenters. The Labute approximate surface area is 120 Å². The summed E-state index contributed by atoms with van der Waals surface area (Å²) in [5.41, 5.74) is 1.59. The number of fused-ring (bicyclic) bond motifs is 1. The average molecular weight is 280 g/mol. The van der Waals surface area contributed by atoms with Crippen molar-refractivity contribution < 1.29 is 9.53 Å². The summed E-state index contributed by atoms with van der Waals surface area (Å²) >= 11 is 0. The standard InChI is InChI=1S/C16H12N2O3/c1-21-16(20)11-6-8-12(9-7-11)18-10-17-14-5-3-2-4-13(14)15(18)19/h2-10H,1H3. The first-order valence-electron chi connectivity index (χ1n) is 6.36. The third-order valence-electron chi connectivity index (χ3n) is 3.23. The van der Waals surface area contributed by atoms with Crippen LogP contribution in [0.1, 0.15) is 10.4 Å². The van der Waals surface area contributed by atoms with Crippen LogP contribution in [0.3, 0.4) is 0 Å². The van der Waals surface area contributed by atoms with Crippen molar-refractivity contribution in [2.45, 2.75) is 0 Å². The van der Waals surface area contributed by atoms with Gasteiger partial charge in [-0.05, 0) is 36.4 Å². The fourth-order valence-electron chi connectivity index (χ4n) is 2.13. The number of rotatable bonds is 2. The first kappa shape index (κ1) is 13.1.